The van der Waals surface area contributed by atoms with Gasteiger partial charge in [-0.05, 0) is 61.7 Å². The fraction of sp³-hybridized carbons (Fsp3) is 0.333. The van der Waals surface area contributed by atoms with Crippen LogP contribution in [0.3, 0.4) is 0 Å². The van der Waals surface area contributed by atoms with Crippen molar-refractivity contribution in [3.8, 4) is 11.1 Å². The minimum Gasteiger partial charge on any atom is -0.308 e. The topological polar surface area (TPSA) is 61.0 Å². The van der Waals surface area contributed by atoms with Gasteiger partial charge in [0.25, 0.3) is 0 Å². The Bertz CT molecular complexity index is 1040. The highest BCUT2D eigenvalue weighted by Crippen LogP contribution is 2.37. The zero-order valence-corrected chi connectivity index (χ0v) is 16.7. The first-order valence-electron chi connectivity index (χ1n) is 9.56. The second kappa shape index (κ2) is 7.07. The molecule has 3 heterocycles. The number of nitrogens with one attached hydrogen (secondary N) is 2. The third-order valence-corrected chi connectivity index (χ3v) is 6.66. The van der Waals surface area contributed by atoms with Crippen molar-refractivity contribution in [3.63, 3.8) is 0 Å². The Morgan fingerprint density at radius 3 is 2.75 bits per heavy atom. The molecule has 0 spiro atoms. The molecule has 2 fully saturated rings. The second-order valence-electron chi connectivity index (χ2n) is 7.66. The predicted octanol–water partition coefficient (Wildman–Crippen LogP) is 4.82. The number of anilines is 1. The molecular formula is C21H20Cl2N4O. The molecule has 5 rings (SSSR count). The van der Waals surface area contributed by atoms with E-state index in [1.54, 1.807) is 0 Å². The molecule has 2 aliphatic heterocycles. The summed E-state index contributed by atoms with van der Waals surface area (Å²) < 4.78 is 0. The summed E-state index contributed by atoms with van der Waals surface area (Å²) in [5.41, 5.74) is 2.53. The number of carbonyl (C=O) groups is 1. The summed E-state index contributed by atoms with van der Waals surface area (Å²) in [6.45, 7) is 3.15. The van der Waals surface area contributed by atoms with E-state index in [-0.39, 0.29) is 11.8 Å². The molecule has 0 saturated carbocycles. The van der Waals surface area contributed by atoms with Gasteiger partial charge in [-0.3, -0.25) is 9.89 Å². The van der Waals surface area contributed by atoms with E-state index < -0.39 is 0 Å². The fourth-order valence-electron chi connectivity index (χ4n) is 4.54. The summed E-state index contributed by atoms with van der Waals surface area (Å²) in [6.07, 6.45) is 2.02. The van der Waals surface area contributed by atoms with Gasteiger partial charge in [0.2, 0.25) is 5.91 Å². The molecular weight excluding hydrogens is 395 g/mol. The van der Waals surface area contributed by atoms with Crippen molar-refractivity contribution >= 4 is 45.8 Å². The Kier molecular flexibility index (Phi) is 4.54. The number of aromatic nitrogens is 2. The summed E-state index contributed by atoms with van der Waals surface area (Å²) in [7, 11) is 0. The second-order valence-corrected chi connectivity index (χ2v) is 8.48. The first-order chi connectivity index (χ1) is 13.6. The van der Waals surface area contributed by atoms with E-state index in [1.807, 2.05) is 36.4 Å². The zero-order valence-electron chi connectivity index (χ0n) is 15.2. The van der Waals surface area contributed by atoms with Crippen molar-refractivity contribution < 1.29 is 4.79 Å². The standard InChI is InChI=1S/C21H20Cl2N4O/c22-16-2-1-3-17(23)19(16)12-4-5-18-15(10-12)20(26-25-18)24-21(28)14-7-9-27-8-6-13(14)11-27/h1-5,10,13-14H,6-9,11H2,(H2,24,25,26,28)/t13?,14-/m0/s1. The van der Waals surface area contributed by atoms with Crippen LogP contribution in [0.4, 0.5) is 5.82 Å². The average Bonchev–Trinajstić information content (AvgIpc) is 3.25. The van der Waals surface area contributed by atoms with E-state index in [2.05, 4.69) is 20.4 Å². The van der Waals surface area contributed by atoms with Crippen LogP contribution in [-0.4, -0.2) is 40.6 Å². The van der Waals surface area contributed by atoms with Crippen LogP contribution in [-0.2, 0) is 4.79 Å². The fourth-order valence-corrected chi connectivity index (χ4v) is 5.16. The molecule has 0 radical (unpaired) electrons. The molecule has 2 aromatic carbocycles. The van der Waals surface area contributed by atoms with Gasteiger partial charge in [0, 0.05) is 33.5 Å². The number of hydrogen-bond donors (Lipinski definition) is 2. The maximum Gasteiger partial charge on any atom is 0.229 e. The van der Waals surface area contributed by atoms with Gasteiger partial charge in [0.05, 0.1) is 5.52 Å². The zero-order chi connectivity index (χ0) is 19.3. The van der Waals surface area contributed by atoms with Crippen molar-refractivity contribution in [1.29, 1.82) is 0 Å². The maximum atomic E-state index is 12.9. The normalized spacial score (nSPS) is 23.9. The third-order valence-electron chi connectivity index (χ3n) is 6.03. The lowest BCUT2D eigenvalue weighted by Crippen LogP contribution is -2.38. The highest BCUT2D eigenvalue weighted by Gasteiger charge is 2.38. The van der Waals surface area contributed by atoms with E-state index in [0.29, 0.717) is 21.8 Å². The molecule has 28 heavy (non-hydrogen) atoms. The van der Waals surface area contributed by atoms with Gasteiger partial charge in [-0.2, -0.15) is 5.10 Å². The van der Waals surface area contributed by atoms with Crippen molar-refractivity contribution in [2.45, 2.75) is 12.8 Å². The number of halogens is 2. The lowest BCUT2D eigenvalue weighted by Gasteiger charge is -2.29. The molecule has 3 atom stereocenters. The van der Waals surface area contributed by atoms with Gasteiger partial charge >= 0.3 is 0 Å². The van der Waals surface area contributed by atoms with Crippen molar-refractivity contribution in [2.75, 3.05) is 25.0 Å². The molecule has 2 unspecified atom stereocenters. The third kappa shape index (κ3) is 3.08. The molecule has 2 N–H and O–H groups in total. The molecule has 2 saturated heterocycles. The molecule has 2 aliphatic rings. The van der Waals surface area contributed by atoms with Gasteiger partial charge in [-0.15, -0.1) is 0 Å². The van der Waals surface area contributed by atoms with Crippen LogP contribution in [0, 0.1) is 11.8 Å². The van der Waals surface area contributed by atoms with Crippen molar-refractivity contribution in [2.24, 2.45) is 11.8 Å². The summed E-state index contributed by atoms with van der Waals surface area (Å²) >= 11 is 12.7. The molecule has 0 aliphatic carbocycles. The molecule has 5 nitrogen and oxygen atoms in total. The number of carbonyl (C=O) groups excluding carboxylic acids is 1. The molecule has 1 amide bonds. The number of H-pyrrole nitrogens is 1. The van der Waals surface area contributed by atoms with Gasteiger partial charge in [0.15, 0.2) is 5.82 Å². The average molecular weight is 415 g/mol. The minimum absolute atomic E-state index is 0.0618. The largest absolute Gasteiger partial charge is 0.308 e. The first kappa shape index (κ1) is 18.0. The lowest BCUT2D eigenvalue weighted by atomic mass is 9.86. The van der Waals surface area contributed by atoms with Crippen molar-refractivity contribution in [3.05, 3.63) is 46.4 Å². The Balaban J connectivity index is 1.46. The molecule has 7 heteroatoms. The number of nitrogens with zero attached hydrogens (tertiary/aromatic N) is 2. The van der Waals surface area contributed by atoms with Gasteiger partial charge in [-0.1, -0.05) is 35.3 Å². The molecule has 144 valence electrons. The maximum absolute atomic E-state index is 12.9. The summed E-state index contributed by atoms with van der Waals surface area (Å²) in [6, 6.07) is 11.3. The number of amides is 1. The molecule has 3 aromatic rings. The lowest BCUT2D eigenvalue weighted by molar-refractivity contribution is -0.122. The number of fused-ring (bicyclic) bond motifs is 3. The van der Waals surface area contributed by atoms with Crippen LogP contribution in [0.25, 0.3) is 22.0 Å². The van der Waals surface area contributed by atoms with Crippen LogP contribution >= 0.6 is 23.2 Å². The van der Waals surface area contributed by atoms with E-state index >= 15 is 0 Å². The van der Waals surface area contributed by atoms with E-state index in [1.165, 1.54) is 0 Å². The summed E-state index contributed by atoms with van der Waals surface area (Å²) in [5, 5.41) is 12.4. The van der Waals surface area contributed by atoms with E-state index in [9.17, 15) is 4.79 Å². The highest BCUT2D eigenvalue weighted by atomic mass is 35.5. The number of benzene rings is 2. The molecule has 1 aromatic heterocycles. The summed E-state index contributed by atoms with van der Waals surface area (Å²) in [4.78, 5) is 15.4. The van der Waals surface area contributed by atoms with E-state index in [0.717, 1.165) is 54.5 Å². The first-order valence-corrected chi connectivity index (χ1v) is 10.3. The Labute approximate surface area is 173 Å². The van der Waals surface area contributed by atoms with E-state index in [4.69, 9.17) is 23.2 Å². The number of aromatic amines is 1. The van der Waals surface area contributed by atoms with Crippen LogP contribution in [0.2, 0.25) is 10.0 Å². The van der Waals surface area contributed by atoms with Crippen LogP contribution in [0.15, 0.2) is 36.4 Å². The predicted molar refractivity (Wildman–Crippen MR) is 113 cm³/mol. The van der Waals surface area contributed by atoms with Crippen LogP contribution < -0.4 is 5.32 Å². The number of hydrogen-bond acceptors (Lipinski definition) is 3. The SMILES string of the molecule is O=C(Nc1n[nH]c2ccc(-c3c(Cl)cccc3Cl)cc12)[C@H]1CCN2CCC1C2. The van der Waals surface area contributed by atoms with Crippen molar-refractivity contribution in [1.82, 2.24) is 15.1 Å². The van der Waals surface area contributed by atoms with Gasteiger partial charge < -0.3 is 10.2 Å². The quantitative estimate of drug-likeness (QED) is 0.645. The van der Waals surface area contributed by atoms with Crippen LogP contribution in [0.1, 0.15) is 12.8 Å². The van der Waals surface area contributed by atoms with Crippen LogP contribution in [0.5, 0.6) is 0 Å². The summed E-state index contributed by atoms with van der Waals surface area (Å²) in [5.74, 6) is 1.15. The molecule has 2 bridgehead atoms. The van der Waals surface area contributed by atoms with Gasteiger partial charge in [0.1, 0.15) is 0 Å². The number of piperidine rings is 1. The monoisotopic (exact) mass is 414 g/mol. The Morgan fingerprint density at radius 1 is 1.14 bits per heavy atom. The smallest absolute Gasteiger partial charge is 0.229 e. The Morgan fingerprint density at radius 2 is 1.93 bits per heavy atom. The number of rotatable bonds is 3. The minimum atomic E-state index is 0.0618. The Hall–Kier alpha value is -2.08. The van der Waals surface area contributed by atoms with Gasteiger partial charge in [-0.25, -0.2) is 0 Å². The highest BCUT2D eigenvalue weighted by molar-refractivity contribution is 6.39.